The molecule has 0 radical (unpaired) electrons. The van der Waals surface area contributed by atoms with Gasteiger partial charge in [0.05, 0.1) is 7.11 Å². The van der Waals surface area contributed by atoms with E-state index in [1.807, 2.05) is 24.3 Å². The van der Waals surface area contributed by atoms with Gasteiger partial charge in [0.25, 0.3) is 0 Å². The van der Waals surface area contributed by atoms with E-state index in [2.05, 4.69) is 52.4 Å². The topological polar surface area (TPSA) is 21.3 Å². The molecule has 0 unspecified atom stereocenters. The Balaban J connectivity index is 1.92. The second-order valence-electron chi connectivity index (χ2n) is 4.56. The summed E-state index contributed by atoms with van der Waals surface area (Å²) >= 11 is 3.46. The van der Waals surface area contributed by atoms with Crippen LogP contribution in [0.1, 0.15) is 18.4 Å². The van der Waals surface area contributed by atoms with Gasteiger partial charge in [-0.3, -0.25) is 0 Å². The van der Waals surface area contributed by atoms with Crippen molar-refractivity contribution in [2.24, 2.45) is 0 Å². The van der Waals surface area contributed by atoms with Gasteiger partial charge in [0.2, 0.25) is 0 Å². The first kappa shape index (κ1) is 13.9. The van der Waals surface area contributed by atoms with E-state index in [9.17, 15) is 0 Å². The monoisotopic (exact) mass is 319 g/mol. The number of methoxy groups -OCH3 is 1. The minimum Gasteiger partial charge on any atom is -0.497 e. The minimum absolute atomic E-state index is 0.468. The van der Waals surface area contributed by atoms with E-state index in [0.717, 1.165) is 22.5 Å². The molecule has 0 amide bonds. The lowest BCUT2D eigenvalue weighted by Crippen LogP contribution is -2.09. The Morgan fingerprint density at radius 1 is 1.05 bits per heavy atom. The van der Waals surface area contributed by atoms with Crippen LogP contribution in [0, 0.1) is 0 Å². The van der Waals surface area contributed by atoms with Gasteiger partial charge in [0.1, 0.15) is 5.75 Å². The van der Waals surface area contributed by atoms with Gasteiger partial charge in [-0.2, -0.15) is 0 Å². The lowest BCUT2D eigenvalue weighted by atomic mass is 10.0. The van der Waals surface area contributed by atoms with Crippen molar-refractivity contribution in [3.05, 3.63) is 58.6 Å². The van der Waals surface area contributed by atoms with Crippen LogP contribution in [-0.4, -0.2) is 13.7 Å². The van der Waals surface area contributed by atoms with E-state index >= 15 is 0 Å². The molecule has 2 nitrogen and oxygen atoms in total. The largest absolute Gasteiger partial charge is 0.497 e. The first-order chi connectivity index (χ1) is 9.19. The molecule has 0 aliphatic rings. The fourth-order valence-electron chi connectivity index (χ4n) is 1.89. The van der Waals surface area contributed by atoms with Crippen molar-refractivity contribution < 1.29 is 4.74 Å². The average molecular weight is 320 g/mol. The summed E-state index contributed by atoms with van der Waals surface area (Å²) in [4.78, 5) is 0. The van der Waals surface area contributed by atoms with Crippen LogP contribution < -0.4 is 10.1 Å². The molecule has 0 fully saturated rings. The summed E-state index contributed by atoms with van der Waals surface area (Å²) in [7, 11) is 1.68. The molecular weight excluding hydrogens is 302 g/mol. The predicted octanol–water partition coefficient (Wildman–Crippen LogP) is 4.67. The first-order valence-corrected chi connectivity index (χ1v) is 7.11. The van der Waals surface area contributed by atoms with Crippen molar-refractivity contribution in [3.63, 3.8) is 0 Å². The Bertz CT molecular complexity index is 507. The molecule has 1 atom stereocenters. The molecule has 19 heavy (non-hydrogen) atoms. The number of halogens is 1. The molecule has 0 bridgehead atoms. The summed E-state index contributed by atoms with van der Waals surface area (Å²) in [5.41, 5.74) is 2.45. The molecule has 3 heteroatoms. The standard InChI is InChI=1S/C16H18BrNO/c1-12(13-3-5-14(17)6-4-13)11-18-15-7-9-16(19-2)10-8-15/h3-10,12,18H,11H2,1-2H3/t12-/m0/s1. The van der Waals surface area contributed by atoms with Crippen LogP contribution in [0.15, 0.2) is 53.0 Å². The summed E-state index contributed by atoms with van der Waals surface area (Å²) < 4.78 is 6.26. The van der Waals surface area contributed by atoms with Gasteiger partial charge in [-0.1, -0.05) is 35.0 Å². The Kier molecular flexibility index (Phi) is 4.86. The summed E-state index contributed by atoms with van der Waals surface area (Å²) in [5, 5.41) is 3.44. The molecule has 0 aromatic heterocycles. The predicted molar refractivity (Wildman–Crippen MR) is 84.0 cm³/mol. The molecule has 0 heterocycles. The van der Waals surface area contributed by atoms with E-state index in [1.165, 1.54) is 5.56 Å². The van der Waals surface area contributed by atoms with Gasteiger partial charge < -0.3 is 10.1 Å². The van der Waals surface area contributed by atoms with Crippen molar-refractivity contribution >= 4 is 21.6 Å². The molecule has 2 rings (SSSR count). The molecule has 100 valence electrons. The van der Waals surface area contributed by atoms with Crippen LogP contribution in [-0.2, 0) is 0 Å². The molecule has 2 aromatic carbocycles. The van der Waals surface area contributed by atoms with Crippen LogP contribution in [0.3, 0.4) is 0 Å². The van der Waals surface area contributed by atoms with Crippen molar-refractivity contribution in [1.29, 1.82) is 0 Å². The molecule has 0 saturated carbocycles. The SMILES string of the molecule is COc1ccc(NC[C@H](C)c2ccc(Br)cc2)cc1. The molecule has 0 aliphatic heterocycles. The van der Waals surface area contributed by atoms with Gasteiger partial charge in [0.15, 0.2) is 0 Å². The van der Waals surface area contributed by atoms with Crippen LogP contribution in [0.25, 0.3) is 0 Å². The second kappa shape index (κ2) is 6.62. The van der Waals surface area contributed by atoms with E-state index < -0.39 is 0 Å². The average Bonchev–Trinajstić information content (AvgIpc) is 2.46. The molecule has 2 aromatic rings. The minimum atomic E-state index is 0.468. The van der Waals surface area contributed by atoms with Crippen LogP contribution in [0.2, 0.25) is 0 Å². The third kappa shape index (κ3) is 4.00. The molecule has 0 aliphatic carbocycles. The Morgan fingerprint density at radius 2 is 1.68 bits per heavy atom. The quantitative estimate of drug-likeness (QED) is 0.864. The van der Waals surface area contributed by atoms with Crippen LogP contribution in [0.4, 0.5) is 5.69 Å². The lowest BCUT2D eigenvalue weighted by molar-refractivity contribution is 0.415. The number of anilines is 1. The van der Waals surface area contributed by atoms with Crippen molar-refractivity contribution in [1.82, 2.24) is 0 Å². The summed E-state index contributed by atoms with van der Waals surface area (Å²) in [6.45, 7) is 3.13. The molecule has 1 N–H and O–H groups in total. The normalized spacial score (nSPS) is 11.9. The van der Waals surface area contributed by atoms with Crippen molar-refractivity contribution in [3.8, 4) is 5.75 Å². The summed E-state index contributed by atoms with van der Waals surface area (Å²) in [6.07, 6.45) is 0. The fraction of sp³-hybridized carbons (Fsp3) is 0.250. The number of benzene rings is 2. The number of hydrogen-bond donors (Lipinski definition) is 1. The fourth-order valence-corrected chi connectivity index (χ4v) is 2.15. The number of ether oxygens (including phenoxy) is 1. The van der Waals surface area contributed by atoms with E-state index in [4.69, 9.17) is 4.74 Å². The number of hydrogen-bond acceptors (Lipinski definition) is 2. The first-order valence-electron chi connectivity index (χ1n) is 6.32. The van der Waals surface area contributed by atoms with Gasteiger partial charge in [-0.15, -0.1) is 0 Å². The molecule has 0 spiro atoms. The van der Waals surface area contributed by atoms with Crippen molar-refractivity contribution in [2.75, 3.05) is 19.0 Å². The van der Waals surface area contributed by atoms with Gasteiger partial charge in [0, 0.05) is 16.7 Å². The lowest BCUT2D eigenvalue weighted by Gasteiger charge is -2.14. The zero-order chi connectivity index (χ0) is 13.7. The number of nitrogens with one attached hydrogen (secondary N) is 1. The molecular formula is C16H18BrNO. The van der Waals surface area contributed by atoms with Crippen molar-refractivity contribution in [2.45, 2.75) is 12.8 Å². The van der Waals surface area contributed by atoms with Crippen LogP contribution >= 0.6 is 15.9 Å². The number of rotatable bonds is 5. The second-order valence-corrected chi connectivity index (χ2v) is 5.48. The van der Waals surface area contributed by atoms with Gasteiger partial charge in [-0.25, -0.2) is 0 Å². The Morgan fingerprint density at radius 3 is 2.26 bits per heavy atom. The highest BCUT2D eigenvalue weighted by molar-refractivity contribution is 9.10. The highest BCUT2D eigenvalue weighted by Crippen LogP contribution is 2.20. The Hall–Kier alpha value is -1.48. The van der Waals surface area contributed by atoms with E-state index in [1.54, 1.807) is 7.11 Å². The summed E-state index contributed by atoms with van der Waals surface area (Å²) in [6, 6.07) is 16.5. The van der Waals surface area contributed by atoms with Gasteiger partial charge in [-0.05, 0) is 47.9 Å². The van der Waals surface area contributed by atoms with E-state index in [0.29, 0.717) is 5.92 Å². The maximum atomic E-state index is 5.14. The zero-order valence-electron chi connectivity index (χ0n) is 11.2. The smallest absolute Gasteiger partial charge is 0.119 e. The maximum Gasteiger partial charge on any atom is 0.119 e. The molecule has 0 saturated heterocycles. The highest BCUT2D eigenvalue weighted by Gasteiger charge is 2.05. The third-order valence-electron chi connectivity index (χ3n) is 3.14. The summed E-state index contributed by atoms with van der Waals surface area (Å²) in [5.74, 6) is 1.35. The zero-order valence-corrected chi connectivity index (χ0v) is 12.8. The third-order valence-corrected chi connectivity index (χ3v) is 3.67. The van der Waals surface area contributed by atoms with Gasteiger partial charge >= 0.3 is 0 Å². The Labute approximate surface area is 122 Å². The maximum absolute atomic E-state index is 5.14. The van der Waals surface area contributed by atoms with Crippen LogP contribution in [0.5, 0.6) is 5.75 Å². The highest BCUT2D eigenvalue weighted by atomic mass is 79.9. The van der Waals surface area contributed by atoms with E-state index in [-0.39, 0.29) is 0 Å².